The number of pyridine rings is 1. The topological polar surface area (TPSA) is 130 Å². The van der Waals surface area contributed by atoms with Gasteiger partial charge in [0.25, 0.3) is 5.88 Å². The fourth-order valence-electron chi connectivity index (χ4n) is 2.86. The van der Waals surface area contributed by atoms with Crippen LogP contribution in [-0.2, 0) is 16.1 Å². The Bertz CT molecular complexity index is 898. The molecule has 0 saturated heterocycles. The quantitative estimate of drug-likeness (QED) is 0.506. The van der Waals surface area contributed by atoms with Crippen molar-refractivity contribution >= 4 is 18.0 Å². The molecule has 0 radical (unpaired) electrons. The molecule has 0 aliphatic rings. The molecule has 0 spiro atoms. The van der Waals surface area contributed by atoms with Crippen LogP contribution in [0.4, 0.5) is 4.79 Å². The van der Waals surface area contributed by atoms with Crippen molar-refractivity contribution in [3.8, 4) is 11.6 Å². The molecule has 0 atom stereocenters. The summed E-state index contributed by atoms with van der Waals surface area (Å²) in [6, 6.07) is 10.7. The molecule has 0 unspecified atom stereocenters. The molecule has 3 N–H and O–H groups in total. The van der Waals surface area contributed by atoms with Gasteiger partial charge in [-0.15, -0.1) is 0 Å². The highest BCUT2D eigenvalue weighted by atomic mass is 16.6. The molecular weight excluding hydrogens is 414 g/mol. The predicted octanol–water partition coefficient (Wildman–Crippen LogP) is 3.36. The number of hydrogen-bond acceptors (Lipinski definition) is 8. The van der Waals surface area contributed by atoms with Crippen molar-refractivity contribution in [3.63, 3.8) is 0 Å². The zero-order valence-electron chi connectivity index (χ0n) is 18.3. The number of hydrogen-bond donors (Lipinski definition) is 2. The van der Waals surface area contributed by atoms with E-state index < -0.39 is 18.0 Å². The number of nitrogens with two attached hydrogens (primary N) is 1. The Morgan fingerprint density at radius 1 is 1.09 bits per heavy atom. The maximum Gasteiger partial charge on any atom is 0.420 e. The summed E-state index contributed by atoms with van der Waals surface area (Å²) >= 11 is 0. The Kier molecular flexibility index (Phi) is 10.1. The van der Waals surface area contributed by atoms with Crippen LogP contribution in [0.5, 0.6) is 11.6 Å². The minimum Gasteiger partial charge on any atom is -0.483 e. The van der Waals surface area contributed by atoms with Gasteiger partial charge in [-0.1, -0.05) is 57.0 Å². The summed E-state index contributed by atoms with van der Waals surface area (Å²) in [4.78, 5) is 39.9. The summed E-state index contributed by atoms with van der Waals surface area (Å²) in [5.41, 5.74) is 6.20. The van der Waals surface area contributed by atoms with Crippen molar-refractivity contribution < 1.29 is 28.6 Å². The van der Waals surface area contributed by atoms with Crippen LogP contribution in [0.1, 0.15) is 55.5 Å². The molecule has 0 fully saturated rings. The van der Waals surface area contributed by atoms with Crippen molar-refractivity contribution in [1.82, 2.24) is 10.3 Å². The van der Waals surface area contributed by atoms with E-state index in [-0.39, 0.29) is 36.4 Å². The number of nitrogens with zero attached hydrogens (tertiary/aromatic N) is 1. The van der Waals surface area contributed by atoms with Gasteiger partial charge in [0.2, 0.25) is 5.91 Å². The Balaban J connectivity index is 2.22. The number of rotatable bonds is 11. The van der Waals surface area contributed by atoms with Gasteiger partial charge in [-0.05, 0) is 18.4 Å². The number of carbonyl (C=O) groups excluding carboxylic acids is 3. The summed E-state index contributed by atoms with van der Waals surface area (Å²) in [5, 5.41) is 1.96. The zero-order valence-corrected chi connectivity index (χ0v) is 18.3. The number of imide groups is 1. The van der Waals surface area contributed by atoms with Crippen LogP contribution in [0.15, 0.2) is 42.6 Å². The highest BCUT2D eigenvalue weighted by Gasteiger charge is 2.20. The van der Waals surface area contributed by atoms with Gasteiger partial charge in [0, 0.05) is 12.3 Å². The first-order chi connectivity index (χ1) is 15.5. The van der Waals surface area contributed by atoms with Gasteiger partial charge >= 0.3 is 12.1 Å². The Labute approximate surface area is 187 Å². The Hall–Kier alpha value is -3.46. The fraction of sp³-hybridized carbons (Fsp3) is 0.391. The average molecular weight is 444 g/mol. The van der Waals surface area contributed by atoms with Crippen LogP contribution in [-0.4, -0.2) is 35.6 Å². The Morgan fingerprint density at radius 2 is 1.78 bits per heavy atom. The first kappa shape index (κ1) is 24.8. The highest BCUT2D eigenvalue weighted by Crippen LogP contribution is 2.27. The van der Waals surface area contributed by atoms with Crippen molar-refractivity contribution in [2.75, 3.05) is 6.54 Å². The number of carbonyl (C=O) groups is 3. The van der Waals surface area contributed by atoms with E-state index in [1.807, 2.05) is 49.5 Å². The van der Waals surface area contributed by atoms with E-state index in [4.69, 9.17) is 19.9 Å². The van der Waals surface area contributed by atoms with Gasteiger partial charge in [0.15, 0.2) is 5.75 Å². The van der Waals surface area contributed by atoms with E-state index in [1.165, 1.54) is 12.3 Å². The van der Waals surface area contributed by atoms with E-state index in [9.17, 15) is 14.4 Å². The van der Waals surface area contributed by atoms with Crippen LogP contribution in [0.3, 0.4) is 0 Å². The number of ether oxygens (including phenoxy) is 3. The standard InChI is InChI=1S/C23H29N3O6/c1-3-8-18(9-4-2)31-22(28)17-12-19(30-15-16-10-6-5-7-11-16)21(25-14-17)32-23(29)26-20(27)13-24/h5-7,10-12,14,18H,3-4,8-9,13,15,24H2,1-2H3,(H,26,27,29). The number of aromatic nitrogens is 1. The molecule has 1 aromatic heterocycles. The largest absolute Gasteiger partial charge is 0.483 e. The van der Waals surface area contributed by atoms with Crippen molar-refractivity contribution in [2.24, 2.45) is 5.73 Å². The van der Waals surface area contributed by atoms with Crippen LogP contribution in [0.25, 0.3) is 0 Å². The fourth-order valence-corrected chi connectivity index (χ4v) is 2.86. The minimum absolute atomic E-state index is 0.0567. The van der Waals surface area contributed by atoms with Gasteiger partial charge in [0.05, 0.1) is 12.1 Å². The van der Waals surface area contributed by atoms with Crippen LogP contribution in [0.2, 0.25) is 0 Å². The molecule has 0 bridgehead atoms. The monoisotopic (exact) mass is 443 g/mol. The maximum absolute atomic E-state index is 12.7. The lowest BCUT2D eigenvalue weighted by Gasteiger charge is -2.17. The molecule has 32 heavy (non-hydrogen) atoms. The lowest BCUT2D eigenvalue weighted by molar-refractivity contribution is -0.118. The van der Waals surface area contributed by atoms with E-state index >= 15 is 0 Å². The average Bonchev–Trinajstić information content (AvgIpc) is 2.79. The molecule has 9 nitrogen and oxygen atoms in total. The molecule has 172 valence electrons. The first-order valence-electron chi connectivity index (χ1n) is 10.6. The van der Waals surface area contributed by atoms with Crippen LogP contribution < -0.4 is 20.5 Å². The van der Waals surface area contributed by atoms with Gasteiger partial charge in [-0.3, -0.25) is 10.1 Å². The number of amides is 2. The molecule has 1 aromatic carbocycles. The summed E-state index contributed by atoms with van der Waals surface area (Å²) in [6.07, 6.45) is 3.31. The summed E-state index contributed by atoms with van der Waals surface area (Å²) in [5.74, 6) is -1.39. The normalized spacial score (nSPS) is 10.5. The second-order valence-electron chi connectivity index (χ2n) is 7.05. The smallest absolute Gasteiger partial charge is 0.420 e. The molecule has 0 aliphatic heterocycles. The van der Waals surface area contributed by atoms with Gasteiger partial charge in [0.1, 0.15) is 12.7 Å². The van der Waals surface area contributed by atoms with Crippen molar-refractivity contribution in [2.45, 2.75) is 52.2 Å². The molecule has 2 rings (SSSR count). The highest BCUT2D eigenvalue weighted by molar-refractivity contribution is 5.93. The van der Waals surface area contributed by atoms with E-state index in [0.29, 0.717) is 0 Å². The third-order valence-electron chi connectivity index (χ3n) is 4.40. The van der Waals surface area contributed by atoms with E-state index in [2.05, 4.69) is 4.98 Å². The number of nitrogens with one attached hydrogen (secondary N) is 1. The molecular formula is C23H29N3O6. The lowest BCUT2D eigenvalue weighted by atomic mass is 10.1. The van der Waals surface area contributed by atoms with Gasteiger partial charge in [-0.25, -0.2) is 14.6 Å². The van der Waals surface area contributed by atoms with Crippen LogP contribution >= 0.6 is 0 Å². The molecule has 0 saturated carbocycles. The van der Waals surface area contributed by atoms with Gasteiger partial charge < -0.3 is 19.9 Å². The molecule has 2 aromatic rings. The number of esters is 1. The number of benzene rings is 1. The van der Waals surface area contributed by atoms with Gasteiger partial charge in [-0.2, -0.15) is 0 Å². The maximum atomic E-state index is 12.7. The lowest BCUT2D eigenvalue weighted by Crippen LogP contribution is -2.37. The SMILES string of the molecule is CCCC(CCC)OC(=O)c1cnc(OC(=O)NC(=O)CN)c(OCc2ccccc2)c1. The summed E-state index contributed by atoms with van der Waals surface area (Å²) in [7, 11) is 0. The van der Waals surface area contributed by atoms with Crippen LogP contribution in [0, 0.1) is 0 Å². The van der Waals surface area contributed by atoms with E-state index in [1.54, 1.807) is 0 Å². The molecule has 9 heteroatoms. The molecule has 0 aliphatic carbocycles. The van der Waals surface area contributed by atoms with E-state index in [0.717, 1.165) is 31.2 Å². The van der Waals surface area contributed by atoms with Crippen molar-refractivity contribution in [1.29, 1.82) is 0 Å². The molecule has 2 amide bonds. The minimum atomic E-state index is -1.06. The third kappa shape index (κ3) is 7.99. The summed E-state index contributed by atoms with van der Waals surface area (Å²) < 4.78 is 16.5. The zero-order chi connectivity index (χ0) is 23.3. The molecule has 1 heterocycles. The second-order valence-corrected chi connectivity index (χ2v) is 7.05. The first-order valence-corrected chi connectivity index (χ1v) is 10.6. The van der Waals surface area contributed by atoms with Crippen molar-refractivity contribution in [3.05, 3.63) is 53.7 Å². The second kappa shape index (κ2) is 13.1. The third-order valence-corrected chi connectivity index (χ3v) is 4.40. The Morgan fingerprint density at radius 3 is 2.41 bits per heavy atom. The predicted molar refractivity (Wildman–Crippen MR) is 117 cm³/mol. The summed E-state index contributed by atoms with van der Waals surface area (Å²) in [6.45, 7) is 3.83.